The molecule has 22 heavy (non-hydrogen) atoms. The van der Waals surface area contributed by atoms with E-state index in [0.717, 1.165) is 22.4 Å². The quantitative estimate of drug-likeness (QED) is 0.503. The van der Waals surface area contributed by atoms with Crippen molar-refractivity contribution in [3.63, 3.8) is 0 Å². The zero-order valence-electron chi connectivity index (χ0n) is 12.1. The van der Waals surface area contributed by atoms with Gasteiger partial charge >= 0.3 is 0 Å². The SMILES string of the molecule is c1ccc(CON=C2c3ccccc3-c3ccccc32)cc1. The molecule has 3 aromatic carbocycles. The molecular weight excluding hydrogens is 270 g/mol. The van der Waals surface area contributed by atoms with Crippen LogP contribution in [0.15, 0.2) is 84.0 Å². The molecule has 0 heterocycles. The number of rotatable bonds is 3. The Morgan fingerprint density at radius 2 is 1.09 bits per heavy atom. The van der Waals surface area contributed by atoms with Crippen LogP contribution in [0.25, 0.3) is 11.1 Å². The third kappa shape index (κ3) is 2.19. The highest BCUT2D eigenvalue weighted by Crippen LogP contribution is 2.36. The Labute approximate surface area is 129 Å². The topological polar surface area (TPSA) is 21.6 Å². The number of hydrogen-bond donors (Lipinski definition) is 0. The van der Waals surface area contributed by atoms with Crippen molar-refractivity contribution in [3.8, 4) is 11.1 Å². The molecule has 0 radical (unpaired) electrons. The summed E-state index contributed by atoms with van der Waals surface area (Å²) in [5.41, 5.74) is 6.75. The van der Waals surface area contributed by atoms with Crippen LogP contribution in [0.1, 0.15) is 16.7 Å². The fourth-order valence-corrected chi connectivity index (χ4v) is 2.84. The number of oxime groups is 1. The van der Waals surface area contributed by atoms with E-state index in [0.29, 0.717) is 6.61 Å². The highest BCUT2D eigenvalue weighted by molar-refractivity contribution is 6.24. The van der Waals surface area contributed by atoms with Gasteiger partial charge in [0.1, 0.15) is 12.3 Å². The van der Waals surface area contributed by atoms with Crippen molar-refractivity contribution in [2.24, 2.45) is 5.16 Å². The zero-order valence-corrected chi connectivity index (χ0v) is 12.1. The lowest BCUT2D eigenvalue weighted by atomic mass is 10.1. The molecule has 0 saturated heterocycles. The Hall–Kier alpha value is -2.87. The molecule has 0 N–H and O–H groups in total. The molecule has 0 aromatic heterocycles. The average Bonchev–Trinajstić information content (AvgIpc) is 2.91. The van der Waals surface area contributed by atoms with Gasteiger partial charge in [-0.1, -0.05) is 84.0 Å². The molecule has 0 saturated carbocycles. The van der Waals surface area contributed by atoms with Crippen molar-refractivity contribution < 1.29 is 4.84 Å². The summed E-state index contributed by atoms with van der Waals surface area (Å²) in [6.45, 7) is 0.481. The van der Waals surface area contributed by atoms with Crippen LogP contribution in [0.5, 0.6) is 0 Å². The van der Waals surface area contributed by atoms with Crippen molar-refractivity contribution in [1.82, 2.24) is 0 Å². The van der Waals surface area contributed by atoms with Gasteiger partial charge in [0.2, 0.25) is 0 Å². The molecule has 0 amide bonds. The summed E-state index contributed by atoms with van der Waals surface area (Å²) >= 11 is 0. The van der Waals surface area contributed by atoms with E-state index in [1.807, 2.05) is 42.5 Å². The standard InChI is InChI=1S/C20H15NO/c1-2-8-15(9-3-1)14-22-21-20-18-12-6-4-10-16(18)17-11-5-7-13-19(17)20/h1-13H,14H2. The van der Waals surface area contributed by atoms with Crippen LogP contribution in [0.2, 0.25) is 0 Å². The average molecular weight is 285 g/mol. The van der Waals surface area contributed by atoms with Gasteiger partial charge in [0, 0.05) is 11.1 Å². The molecule has 3 aromatic rings. The Morgan fingerprint density at radius 1 is 0.591 bits per heavy atom. The molecule has 0 bridgehead atoms. The second kappa shape index (κ2) is 5.49. The lowest BCUT2D eigenvalue weighted by Crippen LogP contribution is -1.99. The maximum Gasteiger partial charge on any atom is 0.142 e. The summed E-state index contributed by atoms with van der Waals surface area (Å²) in [4.78, 5) is 5.61. The zero-order chi connectivity index (χ0) is 14.8. The minimum atomic E-state index is 0.481. The van der Waals surface area contributed by atoms with E-state index in [9.17, 15) is 0 Å². The second-order valence-corrected chi connectivity index (χ2v) is 5.29. The van der Waals surface area contributed by atoms with Gasteiger partial charge in [-0.2, -0.15) is 0 Å². The molecule has 0 aliphatic heterocycles. The molecule has 106 valence electrons. The molecule has 0 spiro atoms. The molecule has 2 nitrogen and oxygen atoms in total. The summed E-state index contributed by atoms with van der Waals surface area (Å²) in [6.07, 6.45) is 0. The highest BCUT2D eigenvalue weighted by atomic mass is 16.6. The lowest BCUT2D eigenvalue weighted by molar-refractivity contribution is 0.131. The molecular formula is C20H15NO. The van der Waals surface area contributed by atoms with Crippen molar-refractivity contribution in [2.75, 3.05) is 0 Å². The second-order valence-electron chi connectivity index (χ2n) is 5.29. The van der Waals surface area contributed by atoms with Crippen LogP contribution in [0.4, 0.5) is 0 Å². The number of benzene rings is 3. The number of fused-ring (bicyclic) bond motifs is 3. The van der Waals surface area contributed by atoms with Crippen molar-refractivity contribution in [2.45, 2.75) is 6.61 Å². The number of hydrogen-bond acceptors (Lipinski definition) is 2. The molecule has 4 rings (SSSR count). The minimum absolute atomic E-state index is 0.481. The molecule has 1 aliphatic carbocycles. The van der Waals surface area contributed by atoms with Crippen LogP contribution in [-0.2, 0) is 11.4 Å². The van der Waals surface area contributed by atoms with Crippen LogP contribution in [-0.4, -0.2) is 5.71 Å². The number of nitrogens with zero attached hydrogens (tertiary/aromatic N) is 1. The summed E-state index contributed by atoms with van der Waals surface area (Å²) < 4.78 is 0. The first kappa shape index (κ1) is 12.8. The maximum atomic E-state index is 5.61. The summed E-state index contributed by atoms with van der Waals surface area (Å²) in [5.74, 6) is 0. The predicted molar refractivity (Wildman–Crippen MR) is 88.7 cm³/mol. The van der Waals surface area contributed by atoms with Crippen molar-refractivity contribution in [3.05, 3.63) is 95.6 Å². The fourth-order valence-electron chi connectivity index (χ4n) is 2.84. The smallest absolute Gasteiger partial charge is 0.142 e. The molecule has 0 fully saturated rings. The van der Waals surface area contributed by atoms with Crippen LogP contribution in [0, 0.1) is 0 Å². The minimum Gasteiger partial charge on any atom is -0.390 e. The van der Waals surface area contributed by atoms with E-state index in [1.54, 1.807) is 0 Å². The van der Waals surface area contributed by atoms with E-state index in [-0.39, 0.29) is 0 Å². The van der Waals surface area contributed by atoms with E-state index < -0.39 is 0 Å². The van der Waals surface area contributed by atoms with Gasteiger partial charge in [-0.05, 0) is 16.7 Å². The van der Waals surface area contributed by atoms with E-state index >= 15 is 0 Å². The van der Waals surface area contributed by atoms with E-state index in [2.05, 4.69) is 41.6 Å². The normalized spacial score (nSPS) is 11.7. The summed E-state index contributed by atoms with van der Waals surface area (Å²) in [6, 6.07) is 26.7. The molecule has 1 aliphatic rings. The highest BCUT2D eigenvalue weighted by Gasteiger charge is 2.24. The van der Waals surface area contributed by atoms with Crippen LogP contribution < -0.4 is 0 Å². The van der Waals surface area contributed by atoms with Gasteiger partial charge < -0.3 is 4.84 Å². The molecule has 2 heteroatoms. The third-order valence-electron chi connectivity index (χ3n) is 3.88. The molecule has 0 atom stereocenters. The van der Waals surface area contributed by atoms with Crippen molar-refractivity contribution >= 4 is 5.71 Å². The van der Waals surface area contributed by atoms with E-state index in [4.69, 9.17) is 4.84 Å². The Balaban J connectivity index is 1.68. The monoisotopic (exact) mass is 285 g/mol. The third-order valence-corrected chi connectivity index (χ3v) is 3.88. The largest absolute Gasteiger partial charge is 0.390 e. The predicted octanol–water partition coefficient (Wildman–Crippen LogP) is 4.64. The van der Waals surface area contributed by atoms with Gasteiger partial charge in [0.15, 0.2) is 0 Å². The molecule has 0 unspecified atom stereocenters. The van der Waals surface area contributed by atoms with Gasteiger partial charge in [-0.15, -0.1) is 0 Å². The van der Waals surface area contributed by atoms with Crippen LogP contribution in [0.3, 0.4) is 0 Å². The van der Waals surface area contributed by atoms with Gasteiger partial charge in [0.25, 0.3) is 0 Å². The van der Waals surface area contributed by atoms with Gasteiger partial charge in [-0.25, -0.2) is 0 Å². The summed E-state index contributed by atoms with van der Waals surface area (Å²) in [5, 5.41) is 4.42. The van der Waals surface area contributed by atoms with Crippen LogP contribution >= 0.6 is 0 Å². The maximum absolute atomic E-state index is 5.61. The van der Waals surface area contributed by atoms with Gasteiger partial charge in [-0.3, -0.25) is 0 Å². The fraction of sp³-hybridized carbons (Fsp3) is 0.0500. The van der Waals surface area contributed by atoms with E-state index in [1.165, 1.54) is 11.1 Å². The first-order valence-corrected chi connectivity index (χ1v) is 7.36. The summed E-state index contributed by atoms with van der Waals surface area (Å²) in [7, 11) is 0. The Bertz CT molecular complexity index is 790. The van der Waals surface area contributed by atoms with Crippen molar-refractivity contribution in [1.29, 1.82) is 0 Å². The Morgan fingerprint density at radius 3 is 1.68 bits per heavy atom. The first-order chi connectivity index (χ1) is 10.9. The lowest BCUT2D eigenvalue weighted by Gasteiger charge is -2.03. The first-order valence-electron chi connectivity index (χ1n) is 7.36. The Kier molecular flexibility index (Phi) is 3.20. The van der Waals surface area contributed by atoms with Gasteiger partial charge in [0.05, 0.1) is 0 Å².